The third-order valence-corrected chi connectivity index (χ3v) is 5.34. The first-order valence-electron chi connectivity index (χ1n) is 7.01. The van der Waals surface area contributed by atoms with Gasteiger partial charge in [0, 0.05) is 16.8 Å². The standard InChI is InChI=1S/C16H16ClN3S2/c1-11(2)20-15(14-4-3-9-21-14)18-19-16(20)22-10-12-5-7-13(17)8-6-12/h3-9,11H,10H2,1-2H3. The molecular formula is C16H16ClN3S2. The van der Waals surface area contributed by atoms with E-state index >= 15 is 0 Å². The van der Waals surface area contributed by atoms with Gasteiger partial charge in [-0.05, 0) is 43.0 Å². The molecule has 0 unspecified atom stereocenters. The molecule has 0 atom stereocenters. The fourth-order valence-electron chi connectivity index (χ4n) is 2.14. The van der Waals surface area contributed by atoms with Crippen LogP contribution in [0.5, 0.6) is 0 Å². The molecule has 0 saturated heterocycles. The summed E-state index contributed by atoms with van der Waals surface area (Å²) in [7, 11) is 0. The van der Waals surface area contributed by atoms with Gasteiger partial charge in [0.25, 0.3) is 0 Å². The van der Waals surface area contributed by atoms with Gasteiger partial charge in [-0.1, -0.05) is 41.6 Å². The van der Waals surface area contributed by atoms with Crippen LogP contribution in [0.25, 0.3) is 10.7 Å². The lowest BCUT2D eigenvalue weighted by molar-refractivity contribution is 0.555. The van der Waals surface area contributed by atoms with Crippen molar-refractivity contribution in [2.24, 2.45) is 0 Å². The Morgan fingerprint density at radius 3 is 2.59 bits per heavy atom. The van der Waals surface area contributed by atoms with E-state index in [-0.39, 0.29) is 0 Å². The van der Waals surface area contributed by atoms with Crippen LogP contribution in [0.1, 0.15) is 25.5 Å². The second kappa shape index (κ2) is 6.86. The summed E-state index contributed by atoms with van der Waals surface area (Å²) in [5, 5.41) is 12.6. The molecule has 114 valence electrons. The highest BCUT2D eigenvalue weighted by molar-refractivity contribution is 7.98. The van der Waals surface area contributed by atoms with Gasteiger partial charge in [0.2, 0.25) is 0 Å². The third kappa shape index (κ3) is 3.37. The Morgan fingerprint density at radius 2 is 1.95 bits per heavy atom. The first-order valence-corrected chi connectivity index (χ1v) is 9.25. The minimum absolute atomic E-state index is 0.319. The van der Waals surface area contributed by atoms with Crippen LogP contribution in [0.15, 0.2) is 46.9 Å². The highest BCUT2D eigenvalue weighted by Crippen LogP contribution is 2.31. The number of hydrogen-bond donors (Lipinski definition) is 0. The molecule has 0 spiro atoms. The predicted molar refractivity (Wildman–Crippen MR) is 94.7 cm³/mol. The largest absolute Gasteiger partial charge is 0.299 e. The molecule has 1 aromatic carbocycles. The van der Waals surface area contributed by atoms with Crippen molar-refractivity contribution in [3.05, 3.63) is 52.4 Å². The van der Waals surface area contributed by atoms with Gasteiger partial charge in [0.05, 0.1) is 4.88 Å². The molecule has 3 nitrogen and oxygen atoms in total. The first-order chi connectivity index (χ1) is 10.6. The Balaban J connectivity index is 1.83. The topological polar surface area (TPSA) is 30.7 Å². The van der Waals surface area contributed by atoms with Crippen molar-refractivity contribution in [1.82, 2.24) is 14.8 Å². The number of thioether (sulfide) groups is 1. The van der Waals surface area contributed by atoms with Gasteiger partial charge >= 0.3 is 0 Å². The Hall–Kier alpha value is -1.30. The Labute approximate surface area is 143 Å². The molecule has 0 amide bonds. The summed E-state index contributed by atoms with van der Waals surface area (Å²) in [6.07, 6.45) is 0. The van der Waals surface area contributed by atoms with E-state index in [9.17, 15) is 0 Å². The molecule has 0 fully saturated rings. The van der Waals surface area contributed by atoms with Crippen molar-refractivity contribution in [2.75, 3.05) is 0 Å². The maximum Gasteiger partial charge on any atom is 0.192 e. The molecular weight excluding hydrogens is 334 g/mol. The number of nitrogens with zero attached hydrogens (tertiary/aromatic N) is 3. The second-order valence-corrected chi connectivity index (χ2v) is 7.49. The third-order valence-electron chi connectivity index (χ3n) is 3.20. The summed E-state index contributed by atoms with van der Waals surface area (Å²) in [6, 6.07) is 12.4. The molecule has 0 aliphatic carbocycles. The van der Waals surface area contributed by atoms with Gasteiger partial charge in [-0.15, -0.1) is 21.5 Å². The van der Waals surface area contributed by atoms with Crippen molar-refractivity contribution >= 4 is 34.7 Å². The lowest BCUT2D eigenvalue weighted by atomic mass is 10.2. The molecule has 3 rings (SSSR count). The minimum Gasteiger partial charge on any atom is -0.299 e. The van der Waals surface area contributed by atoms with Crippen LogP contribution in [-0.2, 0) is 5.75 Å². The highest BCUT2D eigenvalue weighted by Gasteiger charge is 2.17. The summed E-state index contributed by atoms with van der Waals surface area (Å²) in [5.74, 6) is 1.80. The van der Waals surface area contributed by atoms with Crippen molar-refractivity contribution in [3.63, 3.8) is 0 Å². The van der Waals surface area contributed by atoms with Crippen LogP contribution < -0.4 is 0 Å². The molecule has 0 radical (unpaired) electrons. The minimum atomic E-state index is 0.319. The van der Waals surface area contributed by atoms with Crippen LogP contribution in [0, 0.1) is 0 Å². The molecule has 22 heavy (non-hydrogen) atoms. The molecule has 3 aromatic rings. The zero-order valence-electron chi connectivity index (χ0n) is 12.4. The number of rotatable bonds is 5. The van der Waals surface area contributed by atoms with Crippen molar-refractivity contribution in [2.45, 2.75) is 30.8 Å². The summed E-state index contributed by atoms with van der Waals surface area (Å²) in [5.41, 5.74) is 1.23. The number of thiophene rings is 1. The first kappa shape index (κ1) is 15.6. The maximum absolute atomic E-state index is 5.92. The summed E-state index contributed by atoms with van der Waals surface area (Å²) < 4.78 is 2.20. The van der Waals surface area contributed by atoms with Crippen LogP contribution in [-0.4, -0.2) is 14.8 Å². The van der Waals surface area contributed by atoms with Gasteiger partial charge < -0.3 is 0 Å². The Kier molecular flexibility index (Phi) is 4.86. The molecule has 0 N–H and O–H groups in total. The average molecular weight is 350 g/mol. The quantitative estimate of drug-likeness (QED) is 0.567. The Bertz CT molecular complexity index is 733. The molecule has 0 saturated carbocycles. The van der Waals surface area contributed by atoms with Gasteiger partial charge in [0.15, 0.2) is 11.0 Å². The van der Waals surface area contributed by atoms with Crippen molar-refractivity contribution in [3.8, 4) is 10.7 Å². The van der Waals surface area contributed by atoms with Gasteiger partial charge in [-0.3, -0.25) is 4.57 Å². The zero-order chi connectivity index (χ0) is 15.5. The van der Waals surface area contributed by atoms with E-state index in [2.05, 4.69) is 40.1 Å². The maximum atomic E-state index is 5.92. The van der Waals surface area contributed by atoms with Gasteiger partial charge in [-0.2, -0.15) is 0 Å². The van der Waals surface area contributed by atoms with Crippen LogP contribution in [0.2, 0.25) is 5.02 Å². The van der Waals surface area contributed by atoms with E-state index in [4.69, 9.17) is 11.6 Å². The lowest BCUT2D eigenvalue weighted by Crippen LogP contribution is -2.04. The molecule has 2 heterocycles. The van der Waals surface area contributed by atoms with Crippen LogP contribution >= 0.6 is 34.7 Å². The number of aromatic nitrogens is 3. The normalized spacial score (nSPS) is 11.3. The van der Waals surface area contributed by atoms with Crippen LogP contribution in [0.4, 0.5) is 0 Å². The lowest BCUT2D eigenvalue weighted by Gasteiger charge is -2.12. The van der Waals surface area contributed by atoms with E-state index in [1.807, 2.05) is 30.3 Å². The molecule has 0 aliphatic heterocycles. The Morgan fingerprint density at radius 1 is 1.18 bits per heavy atom. The predicted octanol–water partition coefficient (Wildman–Crippen LogP) is 5.53. The fraction of sp³-hybridized carbons (Fsp3) is 0.250. The van der Waals surface area contributed by atoms with Crippen molar-refractivity contribution in [1.29, 1.82) is 0 Å². The number of halogens is 1. The van der Waals surface area contributed by atoms with E-state index in [1.54, 1.807) is 23.1 Å². The van der Waals surface area contributed by atoms with E-state index in [1.165, 1.54) is 5.56 Å². The number of benzene rings is 1. The molecule has 0 aliphatic rings. The summed E-state index contributed by atoms with van der Waals surface area (Å²) in [4.78, 5) is 1.15. The van der Waals surface area contributed by atoms with E-state index in [0.29, 0.717) is 6.04 Å². The number of hydrogen-bond acceptors (Lipinski definition) is 4. The van der Waals surface area contributed by atoms with E-state index in [0.717, 1.165) is 26.6 Å². The summed E-state index contributed by atoms with van der Waals surface area (Å²) in [6.45, 7) is 4.32. The highest BCUT2D eigenvalue weighted by atomic mass is 35.5. The fourth-order valence-corrected chi connectivity index (χ4v) is 4.00. The zero-order valence-corrected chi connectivity index (χ0v) is 14.8. The monoisotopic (exact) mass is 349 g/mol. The SMILES string of the molecule is CC(C)n1c(SCc2ccc(Cl)cc2)nnc1-c1cccs1. The van der Waals surface area contributed by atoms with Gasteiger partial charge in [-0.25, -0.2) is 0 Å². The van der Waals surface area contributed by atoms with Gasteiger partial charge in [0.1, 0.15) is 0 Å². The van der Waals surface area contributed by atoms with E-state index < -0.39 is 0 Å². The van der Waals surface area contributed by atoms with Crippen molar-refractivity contribution < 1.29 is 0 Å². The molecule has 0 bridgehead atoms. The average Bonchev–Trinajstić information content (AvgIpc) is 3.15. The molecule has 6 heteroatoms. The van der Waals surface area contributed by atoms with Crippen LogP contribution in [0.3, 0.4) is 0 Å². The summed E-state index contributed by atoms with van der Waals surface area (Å²) >= 11 is 9.32. The molecule has 2 aromatic heterocycles. The smallest absolute Gasteiger partial charge is 0.192 e. The second-order valence-electron chi connectivity index (χ2n) is 5.16.